The van der Waals surface area contributed by atoms with Crippen LogP contribution in [0, 0.1) is 10.8 Å². The summed E-state index contributed by atoms with van der Waals surface area (Å²) in [6.07, 6.45) is 1.24. The number of carbonyl (C=O) groups excluding carboxylic acids is 9. The number of unbranched alkanes of at least 4 members (excludes halogenated alkanes) is 1. The van der Waals surface area contributed by atoms with E-state index in [0.717, 1.165) is 0 Å². The summed E-state index contributed by atoms with van der Waals surface area (Å²) in [6, 6.07) is 15.7. The number of anilines is 4. The minimum Gasteiger partial charge on any atom is -0.496 e. The molecule has 18 N–H and O–H groups in total. The average molecular weight is 1070 g/mol. The van der Waals surface area contributed by atoms with Gasteiger partial charge in [-0.3, -0.25) is 54.0 Å². The summed E-state index contributed by atoms with van der Waals surface area (Å²) in [4.78, 5) is 116. The Morgan fingerprint density at radius 3 is 1.25 bits per heavy atom. The molecule has 28 heteroatoms. The second kappa shape index (κ2) is 29.5. The lowest BCUT2D eigenvalue weighted by molar-refractivity contribution is -0.126. The normalized spacial score (nSPS) is 10.7. The fraction of sp³-hybridized carbons (Fsp3) is 0.286. The third-order valence-corrected chi connectivity index (χ3v) is 10.5. The minimum atomic E-state index is -0.926. The van der Waals surface area contributed by atoms with Crippen LogP contribution in [0.3, 0.4) is 0 Å². The van der Waals surface area contributed by atoms with E-state index in [9.17, 15) is 43.2 Å². The van der Waals surface area contributed by atoms with Gasteiger partial charge in [0.1, 0.15) is 35.6 Å². The Labute approximate surface area is 441 Å². The second-order valence-electron chi connectivity index (χ2n) is 16.3. The molecule has 4 aromatic rings. The van der Waals surface area contributed by atoms with Crippen molar-refractivity contribution < 1.29 is 62.1 Å². The first-order valence-corrected chi connectivity index (χ1v) is 23.3. The highest BCUT2D eigenvalue weighted by Crippen LogP contribution is 2.26. The van der Waals surface area contributed by atoms with Gasteiger partial charge in [0.05, 0.1) is 69.8 Å². The summed E-state index contributed by atoms with van der Waals surface area (Å²) in [5.41, 5.74) is 16.4. The van der Waals surface area contributed by atoms with Crippen molar-refractivity contribution in [3.63, 3.8) is 0 Å². The van der Waals surface area contributed by atoms with Crippen LogP contribution in [0.15, 0.2) is 72.8 Å². The zero-order valence-corrected chi connectivity index (χ0v) is 42.4. The van der Waals surface area contributed by atoms with Crippen LogP contribution in [0.1, 0.15) is 67.6 Å². The van der Waals surface area contributed by atoms with Gasteiger partial charge in [0, 0.05) is 35.7 Å². The topological polar surface area (TPSA) is 437 Å². The quantitative estimate of drug-likeness (QED) is 0.0200. The summed E-state index contributed by atoms with van der Waals surface area (Å²) in [5, 5.41) is 39.9. The molecule has 0 aromatic heterocycles. The molecule has 0 fully saturated rings. The van der Waals surface area contributed by atoms with E-state index in [1.807, 2.05) is 0 Å². The lowest BCUT2D eigenvalue weighted by Crippen LogP contribution is -2.41. The highest BCUT2D eigenvalue weighted by atomic mass is 16.5. The van der Waals surface area contributed by atoms with Crippen molar-refractivity contribution in [1.82, 2.24) is 31.9 Å². The Hall–Kier alpha value is -10.2. The lowest BCUT2D eigenvalue weighted by atomic mass is 10.1. The third kappa shape index (κ3) is 19.3. The van der Waals surface area contributed by atoms with Gasteiger partial charge in [-0.25, -0.2) is 0 Å². The molecule has 4 aromatic carbocycles. The molecule has 0 bridgehead atoms. The number of hydrogen-bond donors (Lipinski definition) is 15. The maximum Gasteiger partial charge on any atom is 0.255 e. The monoisotopic (exact) mass is 1070 g/mol. The number of nitrogens with one attached hydrogen (secondary N) is 12. The first kappa shape index (κ1) is 59.4. The molecule has 9 amide bonds. The van der Waals surface area contributed by atoms with Crippen molar-refractivity contribution in [3.05, 3.63) is 95.1 Å². The van der Waals surface area contributed by atoms with Crippen molar-refractivity contribution in [2.45, 2.75) is 32.2 Å². The number of ether oxygens (including phenoxy) is 4. The molecule has 0 saturated carbocycles. The van der Waals surface area contributed by atoms with Crippen molar-refractivity contribution in [2.75, 3.05) is 81.9 Å². The third-order valence-electron chi connectivity index (χ3n) is 10.5. The Morgan fingerprint density at radius 2 is 0.857 bits per heavy atom. The van der Waals surface area contributed by atoms with Crippen LogP contribution in [0.5, 0.6) is 23.0 Å². The minimum absolute atomic E-state index is 0.0227. The highest BCUT2D eigenvalue weighted by Gasteiger charge is 2.22. The number of nitrogens with two attached hydrogens (primary N) is 3. The number of methoxy groups -OCH3 is 3. The fourth-order valence-corrected chi connectivity index (χ4v) is 6.81. The van der Waals surface area contributed by atoms with E-state index in [-0.39, 0.29) is 105 Å². The van der Waals surface area contributed by atoms with Gasteiger partial charge in [-0.05, 0) is 92.6 Å². The number of guanidine groups is 2. The summed E-state index contributed by atoms with van der Waals surface area (Å²) in [6.45, 7) is 0.525. The predicted molar refractivity (Wildman–Crippen MR) is 282 cm³/mol. The molecule has 0 aliphatic carbocycles. The number of primary amides is 1. The number of amides is 9. The summed E-state index contributed by atoms with van der Waals surface area (Å²) >= 11 is 0. The number of carbonyl (C=O) groups is 9. The van der Waals surface area contributed by atoms with Crippen molar-refractivity contribution >= 4 is 87.8 Å². The van der Waals surface area contributed by atoms with Crippen LogP contribution in [0.2, 0.25) is 0 Å². The molecule has 0 unspecified atom stereocenters. The maximum atomic E-state index is 13.4. The molecule has 0 saturated heterocycles. The van der Waals surface area contributed by atoms with Crippen LogP contribution in [0.25, 0.3) is 0 Å². The Bertz CT molecular complexity index is 2880. The molecule has 0 radical (unpaired) electrons. The average Bonchev–Trinajstić information content (AvgIpc) is 3.39. The highest BCUT2D eigenvalue weighted by molar-refractivity contribution is 6.06. The zero-order valence-electron chi connectivity index (χ0n) is 42.4. The molecular formula is C49H61N15O13. The van der Waals surface area contributed by atoms with Crippen LogP contribution in [0.4, 0.5) is 22.7 Å². The maximum absolute atomic E-state index is 13.4. The molecule has 0 aliphatic heterocycles. The standard InChI is InChI=1S/C49H61N15O13/c1-26(60-39(65)7-5-6-16-55-48(51)52)44(70)64-30-10-14-37(76-4)34(22-30)47(73)59-25-42(68)63-29-9-13-36(75-3)33(21-29)46(72)58-24-41(67)62-28-8-12-35(74-2)32(20-28)45(71)57-23-40(66)61-27-11-15-38(31(19-27)43(50)69)77-18-17-56-49(53)54/h8-15,19-22,26H,5-7,16-18,23-25H2,1-4H3,(H2,50,69)(H,57,71)(H,58,72)(H,59,73)(H,60,65)(H,61,66)(H,62,67)(H,63,68)(H,64,70)(H4,51,52,55)(H4,53,54,56)/t26-/m1/s1. The summed E-state index contributed by atoms with van der Waals surface area (Å²) < 4.78 is 21.5. The van der Waals surface area contributed by atoms with Gasteiger partial charge in [0.25, 0.3) is 23.6 Å². The molecule has 0 heterocycles. The Kier molecular flexibility index (Phi) is 22.8. The molecule has 28 nitrogen and oxygen atoms in total. The fourth-order valence-electron chi connectivity index (χ4n) is 6.81. The van der Waals surface area contributed by atoms with E-state index in [2.05, 4.69) is 53.2 Å². The van der Waals surface area contributed by atoms with Gasteiger partial charge in [-0.15, -0.1) is 0 Å². The molecule has 410 valence electrons. The lowest BCUT2D eigenvalue weighted by Gasteiger charge is -2.16. The largest absolute Gasteiger partial charge is 0.496 e. The first-order valence-electron chi connectivity index (χ1n) is 23.3. The Balaban J connectivity index is 1.28. The van der Waals surface area contributed by atoms with Gasteiger partial charge in [-0.2, -0.15) is 0 Å². The van der Waals surface area contributed by atoms with Crippen LogP contribution in [-0.4, -0.2) is 132 Å². The van der Waals surface area contributed by atoms with E-state index >= 15 is 0 Å². The molecule has 0 spiro atoms. The van der Waals surface area contributed by atoms with E-state index in [0.29, 0.717) is 19.4 Å². The van der Waals surface area contributed by atoms with Crippen LogP contribution >= 0.6 is 0 Å². The van der Waals surface area contributed by atoms with Crippen molar-refractivity contribution in [2.24, 2.45) is 17.2 Å². The SMILES string of the molecule is COc1ccc(NC(=O)CNC(=O)c2cc(NC(=O)CNC(=O)c3cc(NC(=O)[C@@H](C)NC(=O)CCCCNC(=N)N)ccc3OC)ccc2OC)cc1C(=O)NCC(=O)Nc1ccc(OCCNC(=N)N)c(C(N)=O)c1. The van der Waals surface area contributed by atoms with Crippen molar-refractivity contribution in [3.8, 4) is 23.0 Å². The van der Waals surface area contributed by atoms with Gasteiger partial charge in [-0.1, -0.05) is 0 Å². The summed E-state index contributed by atoms with van der Waals surface area (Å²) in [7, 11) is 3.95. The molecule has 1 atom stereocenters. The molecule has 77 heavy (non-hydrogen) atoms. The van der Waals surface area contributed by atoms with E-state index < -0.39 is 72.9 Å². The van der Waals surface area contributed by atoms with Crippen molar-refractivity contribution in [1.29, 1.82) is 10.8 Å². The molecule has 4 rings (SSSR count). The van der Waals surface area contributed by atoms with E-state index in [4.69, 9.17) is 47.0 Å². The number of benzene rings is 4. The first-order chi connectivity index (χ1) is 36.7. The smallest absolute Gasteiger partial charge is 0.255 e. The van der Waals surface area contributed by atoms with Crippen LogP contribution < -0.4 is 89.3 Å². The number of rotatable bonds is 28. The second-order valence-corrected chi connectivity index (χ2v) is 16.3. The summed E-state index contributed by atoms with van der Waals surface area (Å²) in [5.74, 6) is -6.06. The van der Waals surface area contributed by atoms with Gasteiger partial charge in [0.15, 0.2) is 11.9 Å². The predicted octanol–water partition coefficient (Wildman–Crippen LogP) is -0.125. The molecular weight excluding hydrogens is 1010 g/mol. The molecule has 0 aliphatic rings. The Morgan fingerprint density at radius 1 is 0.481 bits per heavy atom. The van der Waals surface area contributed by atoms with E-state index in [1.165, 1.54) is 101 Å². The van der Waals surface area contributed by atoms with E-state index in [1.54, 1.807) is 0 Å². The van der Waals surface area contributed by atoms with Gasteiger partial charge >= 0.3 is 0 Å². The van der Waals surface area contributed by atoms with Gasteiger partial charge < -0.3 is 89.3 Å². The number of hydrogen-bond acceptors (Lipinski definition) is 15. The van der Waals surface area contributed by atoms with Gasteiger partial charge in [0.2, 0.25) is 29.5 Å². The van der Waals surface area contributed by atoms with Crippen LogP contribution in [-0.2, 0) is 24.0 Å². The zero-order chi connectivity index (χ0) is 56.6.